The lowest BCUT2D eigenvalue weighted by atomic mass is 10.2. The number of rotatable bonds is 5. The van der Waals surface area contributed by atoms with Gasteiger partial charge in [-0.2, -0.15) is 8.78 Å². The summed E-state index contributed by atoms with van der Waals surface area (Å²) >= 11 is 0. The highest BCUT2D eigenvalue weighted by atomic mass is 19.3. The van der Waals surface area contributed by atoms with Crippen molar-refractivity contribution in [3.05, 3.63) is 29.8 Å². The number of carbonyl (C=O) groups excluding carboxylic acids is 2. The van der Waals surface area contributed by atoms with Crippen molar-refractivity contribution in [2.24, 2.45) is 0 Å². The molecule has 1 aromatic rings. The van der Waals surface area contributed by atoms with Crippen LogP contribution in [0.4, 0.5) is 14.5 Å². The summed E-state index contributed by atoms with van der Waals surface area (Å²) in [6, 6.07) is 5.86. The van der Waals surface area contributed by atoms with Crippen molar-refractivity contribution in [2.75, 3.05) is 18.4 Å². The van der Waals surface area contributed by atoms with E-state index < -0.39 is 12.3 Å². The second kappa shape index (κ2) is 6.82. The van der Waals surface area contributed by atoms with Crippen molar-refractivity contribution in [1.82, 2.24) is 4.90 Å². The van der Waals surface area contributed by atoms with E-state index in [1.54, 1.807) is 4.90 Å². The van der Waals surface area contributed by atoms with E-state index in [0.717, 1.165) is 0 Å². The highest BCUT2D eigenvalue weighted by molar-refractivity contribution is 5.96. The van der Waals surface area contributed by atoms with Gasteiger partial charge in [-0.3, -0.25) is 9.59 Å². The van der Waals surface area contributed by atoms with Crippen LogP contribution < -0.4 is 5.32 Å². The Bertz CT molecular complexity index is 442. The number of nitrogens with zero attached hydrogens (tertiary/aromatic N) is 1. The molecule has 0 aliphatic carbocycles. The summed E-state index contributed by atoms with van der Waals surface area (Å²) in [7, 11) is 0. The Morgan fingerprint density at radius 3 is 2.11 bits per heavy atom. The van der Waals surface area contributed by atoms with Gasteiger partial charge in [0.05, 0.1) is 0 Å². The van der Waals surface area contributed by atoms with Crippen LogP contribution in [0.5, 0.6) is 0 Å². The zero-order valence-corrected chi connectivity index (χ0v) is 10.8. The molecule has 0 saturated carbocycles. The molecule has 1 N–H and O–H groups in total. The highest BCUT2D eigenvalue weighted by Crippen LogP contribution is 2.12. The van der Waals surface area contributed by atoms with E-state index in [4.69, 9.17) is 0 Å². The molecule has 0 aliphatic heterocycles. The standard InChI is InChI=1S/C13H16F2N2O2/c1-3-17(4-2)13(19)9-5-7-10(8-6-9)16-12(18)11(14)15/h5-8,11H,3-4H2,1-2H3,(H,16,18). The van der Waals surface area contributed by atoms with Crippen LogP contribution in [-0.2, 0) is 4.79 Å². The Morgan fingerprint density at radius 1 is 1.16 bits per heavy atom. The largest absolute Gasteiger partial charge is 0.339 e. The molecule has 0 atom stereocenters. The van der Waals surface area contributed by atoms with Crippen LogP contribution in [0.15, 0.2) is 24.3 Å². The molecule has 0 unspecified atom stereocenters. The first-order valence-corrected chi connectivity index (χ1v) is 5.98. The number of benzene rings is 1. The summed E-state index contributed by atoms with van der Waals surface area (Å²) in [5.41, 5.74) is 0.695. The van der Waals surface area contributed by atoms with E-state index in [1.807, 2.05) is 13.8 Å². The van der Waals surface area contributed by atoms with Crippen molar-refractivity contribution in [3.63, 3.8) is 0 Å². The third-order valence-electron chi connectivity index (χ3n) is 2.65. The van der Waals surface area contributed by atoms with E-state index in [9.17, 15) is 18.4 Å². The van der Waals surface area contributed by atoms with Crippen molar-refractivity contribution in [2.45, 2.75) is 20.3 Å². The van der Waals surface area contributed by atoms with Crippen LogP contribution in [0, 0.1) is 0 Å². The number of hydrogen-bond acceptors (Lipinski definition) is 2. The van der Waals surface area contributed by atoms with Gasteiger partial charge in [0, 0.05) is 24.3 Å². The van der Waals surface area contributed by atoms with Gasteiger partial charge in [0.15, 0.2) is 0 Å². The maximum atomic E-state index is 12.0. The van der Waals surface area contributed by atoms with E-state index in [-0.39, 0.29) is 11.6 Å². The zero-order valence-electron chi connectivity index (χ0n) is 10.8. The van der Waals surface area contributed by atoms with Gasteiger partial charge in [0.2, 0.25) is 0 Å². The molecule has 4 nitrogen and oxygen atoms in total. The Hall–Kier alpha value is -1.98. The summed E-state index contributed by atoms with van der Waals surface area (Å²) in [5, 5.41) is 2.05. The van der Waals surface area contributed by atoms with Crippen molar-refractivity contribution in [3.8, 4) is 0 Å². The summed E-state index contributed by atoms with van der Waals surface area (Å²) in [4.78, 5) is 24.4. The second-order valence-electron chi connectivity index (χ2n) is 3.84. The number of nitrogens with one attached hydrogen (secondary N) is 1. The molecule has 0 saturated heterocycles. The lowest BCUT2D eigenvalue weighted by Gasteiger charge is -2.18. The summed E-state index contributed by atoms with van der Waals surface area (Å²) in [6.45, 7) is 4.94. The first-order valence-electron chi connectivity index (χ1n) is 5.98. The fourth-order valence-electron chi connectivity index (χ4n) is 1.59. The monoisotopic (exact) mass is 270 g/mol. The van der Waals surface area contributed by atoms with Gasteiger partial charge >= 0.3 is 6.43 Å². The fourth-order valence-corrected chi connectivity index (χ4v) is 1.59. The Balaban J connectivity index is 2.76. The minimum Gasteiger partial charge on any atom is -0.339 e. The minimum absolute atomic E-state index is 0.128. The van der Waals surface area contributed by atoms with E-state index in [1.165, 1.54) is 24.3 Å². The third-order valence-corrected chi connectivity index (χ3v) is 2.65. The fraction of sp³-hybridized carbons (Fsp3) is 0.385. The van der Waals surface area contributed by atoms with Crippen LogP contribution in [0.2, 0.25) is 0 Å². The van der Waals surface area contributed by atoms with Crippen LogP contribution in [0.1, 0.15) is 24.2 Å². The molecule has 19 heavy (non-hydrogen) atoms. The molecule has 1 aromatic carbocycles. The first-order chi connectivity index (χ1) is 8.99. The quantitative estimate of drug-likeness (QED) is 0.893. The lowest BCUT2D eigenvalue weighted by molar-refractivity contribution is -0.126. The minimum atomic E-state index is -3.06. The summed E-state index contributed by atoms with van der Waals surface area (Å²) in [6.07, 6.45) is -3.06. The van der Waals surface area contributed by atoms with E-state index in [2.05, 4.69) is 5.32 Å². The molecule has 0 aromatic heterocycles. The van der Waals surface area contributed by atoms with Gasteiger partial charge in [-0.05, 0) is 38.1 Å². The molecule has 104 valence electrons. The van der Waals surface area contributed by atoms with Gasteiger partial charge in [-0.25, -0.2) is 0 Å². The Morgan fingerprint density at radius 2 is 1.68 bits per heavy atom. The molecule has 0 radical (unpaired) electrons. The predicted molar refractivity (Wildman–Crippen MR) is 68.3 cm³/mol. The molecular weight excluding hydrogens is 254 g/mol. The van der Waals surface area contributed by atoms with Gasteiger partial charge < -0.3 is 10.2 Å². The van der Waals surface area contributed by atoms with Crippen LogP contribution in [0.25, 0.3) is 0 Å². The molecule has 0 spiro atoms. The summed E-state index contributed by atoms with van der Waals surface area (Å²) in [5.74, 6) is -1.49. The molecule has 0 bridgehead atoms. The van der Waals surface area contributed by atoms with E-state index in [0.29, 0.717) is 18.7 Å². The molecule has 0 heterocycles. The van der Waals surface area contributed by atoms with Gasteiger partial charge in [0.1, 0.15) is 0 Å². The van der Waals surface area contributed by atoms with Crippen LogP contribution in [0.3, 0.4) is 0 Å². The van der Waals surface area contributed by atoms with E-state index >= 15 is 0 Å². The topological polar surface area (TPSA) is 49.4 Å². The number of carbonyl (C=O) groups is 2. The predicted octanol–water partition coefficient (Wildman–Crippen LogP) is 2.37. The lowest BCUT2D eigenvalue weighted by Crippen LogP contribution is -2.30. The molecule has 2 amide bonds. The maximum Gasteiger partial charge on any atom is 0.315 e. The van der Waals surface area contributed by atoms with Crippen molar-refractivity contribution in [1.29, 1.82) is 0 Å². The number of anilines is 1. The van der Waals surface area contributed by atoms with Gasteiger partial charge in [-0.1, -0.05) is 0 Å². The molecule has 0 aliphatic rings. The molecule has 1 rings (SSSR count). The number of halogens is 2. The summed E-state index contributed by atoms with van der Waals surface area (Å²) < 4.78 is 24.1. The molecular formula is C13H16F2N2O2. The number of hydrogen-bond donors (Lipinski definition) is 1. The van der Waals surface area contributed by atoms with Crippen LogP contribution in [-0.4, -0.2) is 36.2 Å². The molecule has 6 heteroatoms. The second-order valence-corrected chi connectivity index (χ2v) is 3.84. The van der Waals surface area contributed by atoms with Crippen molar-refractivity contribution >= 4 is 17.5 Å². The first kappa shape index (κ1) is 15.1. The molecule has 0 fully saturated rings. The van der Waals surface area contributed by atoms with Gasteiger partial charge in [0.25, 0.3) is 11.8 Å². The van der Waals surface area contributed by atoms with Gasteiger partial charge in [-0.15, -0.1) is 0 Å². The average molecular weight is 270 g/mol. The SMILES string of the molecule is CCN(CC)C(=O)c1ccc(NC(=O)C(F)F)cc1. The highest BCUT2D eigenvalue weighted by Gasteiger charge is 2.16. The van der Waals surface area contributed by atoms with Crippen LogP contribution >= 0.6 is 0 Å². The third kappa shape index (κ3) is 4.01. The smallest absolute Gasteiger partial charge is 0.315 e. The van der Waals surface area contributed by atoms with Crippen molar-refractivity contribution < 1.29 is 18.4 Å². The zero-order chi connectivity index (χ0) is 14.4. The number of alkyl halides is 2. The Labute approximate surface area is 110 Å². The Kier molecular flexibility index (Phi) is 5.41. The normalized spacial score (nSPS) is 10.4. The maximum absolute atomic E-state index is 12.0. The average Bonchev–Trinajstić information content (AvgIpc) is 2.40. The number of amides is 2.